The van der Waals surface area contributed by atoms with Crippen LogP contribution in [0.25, 0.3) is 4.85 Å². The van der Waals surface area contributed by atoms with Crippen molar-refractivity contribution in [3.63, 3.8) is 0 Å². The second-order valence-electron chi connectivity index (χ2n) is 19.6. The molecule has 436 valence electrons. The summed E-state index contributed by atoms with van der Waals surface area (Å²) in [5, 5.41) is 29.2. The minimum atomic E-state index is -1.33. The normalized spacial score (nSPS) is 15.6. The average molecular weight is 1180 g/mol. The number of nitriles is 2. The standard InChI is InChI=1S/C21H18FN5O2S.C13H14FN3O.2C8H9FN2O.C4H9NSi.C4H6O/c1-12-9-14(11-25-17(12)23-2)26-19(29)21(7-4-8-21)27(20(26)30)13-5-6-15(16(22)10-13)18(28)24-3;1-16-12(18)10-4-3-9(7-11(10)14)17-13(8-15)5-2-6-13;2*1-11-8(12)6-3-2-5(10)4-7(6)9;1-6(2,3)4-5;5-4-2-1-3-4/h5-6,9-11H,4,7-8H2,1,3H3,(H,24,28);3-4,7,17H,2,5-6H2,1H3,(H,16,18);2*2-4H,10H2,1H3,(H,11,12);1-3H3;1-3H2/i5D,10D;3D,7D;2D,4D;;;. The predicted molar refractivity (Wildman–Crippen MR) is 316 cm³/mol. The second kappa shape index (κ2) is 29.5. The van der Waals surface area contributed by atoms with E-state index in [4.69, 9.17) is 49.0 Å². The van der Waals surface area contributed by atoms with Gasteiger partial charge in [0, 0.05) is 69.5 Å². The molecule has 9 N–H and O–H groups in total. The van der Waals surface area contributed by atoms with Gasteiger partial charge in [0.05, 0.1) is 42.2 Å². The maximum Gasteiger partial charge on any atom is 0.272 e. The third-order valence-electron chi connectivity index (χ3n) is 12.6. The Morgan fingerprint density at radius 2 is 1.20 bits per heavy atom. The summed E-state index contributed by atoms with van der Waals surface area (Å²) >= 11 is 5.60. The van der Waals surface area contributed by atoms with Gasteiger partial charge < -0.3 is 47.8 Å². The van der Waals surface area contributed by atoms with Gasteiger partial charge in [0.1, 0.15) is 46.3 Å². The van der Waals surface area contributed by atoms with Gasteiger partial charge in [-0.3, -0.25) is 33.7 Å². The van der Waals surface area contributed by atoms with E-state index in [9.17, 15) is 46.3 Å². The second-order valence-corrected chi connectivity index (χ2v) is 24.7. The van der Waals surface area contributed by atoms with E-state index in [1.807, 2.05) is 19.6 Å². The number of nitrogens with zero attached hydrogens (tertiary/aromatic N) is 6. The van der Waals surface area contributed by atoms with Crippen LogP contribution in [0.1, 0.15) is 113 Å². The molecular formula is C58H65F4N13O6SSi. The van der Waals surface area contributed by atoms with Crippen LogP contribution >= 0.6 is 12.2 Å². The predicted octanol–water partition coefficient (Wildman–Crippen LogP) is 9.21. The maximum absolute atomic E-state index is 14.9. The third kappa shape index (κ3) is 16.9. The highest BCUT2D eigenvalue weighted by molar-refractivity contribution is 7.81. The zero-order valence-electron chi connectivity index (χ0n) is 52.7. The highest BCUT2D eigenvalue weighted by atomic mass is 32.1. The summed E-state index contributed by atoms with van der Waals surface area (Å²) < 4.78 is 102. The molecule has 0 atom stereocenters. The monoisotopic (exact) mass is 1180 g/mol. The number of nitrogens with one attached hydrogen (secondary N) is 5. The molecule has 2 heterocycles. The van der Waals surface area contributed by atoms with Crippen LogP contribution in [-0.4, -0.2) is 92.8 Å². The fourth-order valence-corrected chi connectivity index (χ4v) is 7.97. The Bertz CT molecular complexity index is 3760. The molecule has 1 spiro atoms. The Hall–Kier alpha value is -9.25. The van der Waals surface area contributed by atoms with E-state index in [1.165, 1.54) is 56.3 Å². The number of halogens is 4. The maximum atomic E-state index is 14.9. The molecule has 5 aromatic rings. The minimum Gasteiger partial charge on any atom is -0.399 e. The number of carbonyl (C=O) groups excluding carboxylic acids is 6. The molecule has 25 heteroatoms. The van der Waals surface area contributed by atoms with Crippen molar-refractivity contribution in [2.75, 3.05) is 54.8 Å². The number of ketones is 1. The van der Waals surface area contributed by atoms with Crippen LogP contribution in [0.4, 0.5) is 51.8 Å². The van der Waals surface area contributed by atoms with E-state index in [0.29, 0.717) is 48.4 Å². The largest absolute Gasteiger partial charge is 0.399 e. The molecule has 1 saturated heterocycles. The number of carbonyl (C=O) groups is 6. The average Bonchev–Trinajstić information content (AvgIpc) is 1.61. The highest BCUT2D eigenvalue weighted by Crippen LogP contribution is 2.48. The zero-order chi connectivity index (χ0) is 67.2. The molecule has 1 aliphatic heterocycles. The first-order valence-electron chi connectivity index (χ1n) is 28.4. The van der Waals surface area contributed by atoms with Gasteiger partial charge in [-0.05, 0) is 148 Å². The Balaban J connectivity index is 0.000000254. The van der Waals surface area contributed by atoms with Gasteiger partial charge in [0.15, 0.2) is 13.2 Å². The number of Topliss-reactive ketones (excluding diaryl/α,β-unsaturated/α-hetero) is 1. The lowest BCUT2D eigenvalue weighted by Gasteiger charge is -2.43. The van der Waals surface area contributed by atoms with E-state index in [2.05, 4.69) is 48.2 Å². The first-order valence-corrected chi connectivity index (χ1v) is 29.3. The first kappa shape index (κ1) is 57.0. The first-order chi connectivity index (χ1) is 41.7. The lowest BCUT2D eigenvalue weighted by atomic mass is 9.75. The zero-order valence-corrected chi connectivity index (χ0v) is 48.5. The number of rotatable bonds is 8. The quantitative estimate of drug-likeness (QED) is 0.0251. The van der Waals surface area contributed by atoms with Gasteiger partial charge in [0.2, 0.25) is 0 Å². The van der Waals surface area contributed by atoms with Gasteiger partial charge in [-0.2, -0.15) is 5.26 Å². The van der Waals surface area contributed by atoms with Crippen molar-refractivity contribution in [3.05, 3.63) is 147 Å². The van der Waals surface area contributed by atoms with Crippen molar-refractivity contribution in [1.29, 1.82) is 10.5 Å². The summed E-state index contributed by atoms with van der Waals surface area (Å²) in [7, 11) is 4.13. The number of hydrogen-bond donors (Lipinski definition) is 7. The summed E-state index contributed by atoms with van der Waals surface area (Å²) in [5.74, 6) is -5.95. The number of amides is 5. The minimum absolute atomic E-state index is 0.000514. The smallest absolute Gasteiger partial charge is 0.272 e. The molecule has 83 heavy (non-hydrogen) atoms. The molecule has 19 nitrogen and oxygen atoms in total. The summed E-state index contributed by atoms with van der Waals surface area (Å²) in [5.41, 5.74) is 10.5. The van der Waals surface area contributed by atoms with Crippen molar-refractivity contribution in [3.8, 4) is 11.8 Å². The van der Waals surface area contributed by atoms with Crippen molar-refractivity contribution < 1.29 is 54.6 Å². The van der Waals surface area contributed by atoms with E-state index in [1.54, 1.807) is 13.0 Å². The molecule has 3 saturated carbocycles. The topological polar surface area (TPSA) is 286 Å². The van der Waals surface area contributed by atoms with Crippen LogP contribution in [0.2, 0.25) is 19.6 Å². The molecule has 0 bridgehead atoms. The molecule has 0 unspecified atom stereocenters. The molecule has 1 aromatic heterocycles. The Labute approximate surface area is 494 Å². The SMILES string of the molecule is CNC(=O)c1ccc(N)cc1F.C[Si](C)(C)C#N.O=C1CCC1.[2H]c1cc(C(=O)NC)c(F)c([2H])c1N.[2H]c1cc(C(=O)NC)c(F)c([2H])c1N1C(=S)N(c2cnc([N+]#[C-])c(C)c2)C(=O)C12CCC2.[2H]c1cc(C(=O)NC)c(F)c([2H])c1NC1(C#N)CCC1. The fourth-order valence-electron chi connectivity index (χ4n) is 7.51. The molecular weight excluding hydrogens is 1110 g/mol. The van der Waals surface area contributed by atoms with Crippen LogP contribution in [0, 0.1) is 59.1 Å². The lowest BCUT2D eigenvalue weighted by Crippen LogP contribution is -2.55. The number of nitrogens with two attached hydrogens (primary N) is 2. The van der Waals surface area contributed by atoms with Crippen LogP contribution in [0.5, 0.6) is 0 Å². The number of thiocarbonyl (C=S) groups is 1. The van der Waals surface area contributed by atoms with Crippen LogP contribution in [0.3, 0.4) is 0 Å². The lowest BCUT2D eigenvalue weighted by molar-refractivity contribution is -0.124. The van der Waals surface area contributed by atoms with E-state index in [-0.39, 0.29) is 68.7 Å². The summed E-state index contributed by atoms with van der Waals surface area (Å²) in [6.07, 6.45) is 7.85. The molecule has 3 aliphatic carbocycles. The van der Waals surface area contributed by atoms with Gasteiger partial charge in [0.25, 0.3) is 35.4 Å². The number of benzene rings is 4. The molecule has 5 amide bonds. The summed E-state index contributed by atoms with van der Waals surface area (Å²) in [6, 6.07) is 8.27. The number of aromatic nitrogens is 1. The van der Waals surface area contributed by atoms with E-state index < -0.39 is 89.7 Å². The van der Waals surface area contributed by atoms with Crippen molar-refractivity contribution >= 4 is 95.0 Å². The van der Waals surface area contributed by atoms with Crippen LogP contribution in [-0.2, 0) is 9.59 Å². The molecule has 4 aromatic carbocycles. The van der Waals surface area contributed by atoms with Crippen LogP contribution < -0.4 is 47.9 Å². The number of pyridine rings is 1. The van der Waals surface area contributed by atoms with Crippen molar-refractivity contribution in [1.82, 2.24) is 26.3 Å². The Morgan fingerprint density at radius 1 is 0.723 bits per heavy atom. The number of hydrogen-bond acceptors (Lipinski definition) is 13. The van der Waals surface area contributed by atoms with Gasteiger partial charge >= 0.3 is 0 Å². The van der Waals surface area contributed by atoms with Gasteiger partial charge in [-0.1, -0.05) is 26.2 Å². The number of aryl methyl sites for hydroxylation is 1. The van der Waals surface area contributed by atoms with E-state index >= 15 is 0 Å². The van der Waals surface area contributed by atoms with Crippen molar-refractivity contribution in [2.45, 2.75) is 95.4 Å². The fraction of sp³-hybridized carbons (Fsp3) is 0.328. The molecule has 9 rings (SSSR count). The number of nitrogen functional groups attached to an aromatic ring is 2. The Morgan fingerprint density at radius 3 is 1.61 bits per heavy atom. The van der Waals surface area contributed by atoms with Gasteiger partial charge in [-0.15, -0.1) is 4.98 Å². The van der Waals surface area contributed by atoms with Gasteiger partial charge in [-0.25, -0.2) is 22.8 Å². The summed E-state index contributed by atoms with van der Waals surface area (Å²) in [6.45, 7) is 14.9. The molecule has 4 fully saturated rings. The van der Waals surface area contributed by atoms with E-state index in [0.717, 1.165) is 56.4 Å². The number of anilines is 5. The summed E-state index contributed by atoms with van der Waals surface area (Å²) in [4.78, 5) is 79.0. The molecule has 4 aliphatic rings. The Kier molecular flexibility index (Phi) is 20.2. The third-order valence-corrected chi connectivity index (χ3v) is 13.7. The van der Waals surface area contributed by atoms with Crippen LogP contribution in [0.15, 0.2) is 84.9 Å². The highest BCUT2D eigenvalue weighted by Gasteiger charge is 2.60. The molecule has 0 radical (unpaired) electrons. The van der Waals surface area contributed by atoms with Crippen molar-refractivity contribution in [2.24, 2.45) is 0 Å².